The van der Waals surface area contributed by atoms with Crippen LogP contribution in [0.3, 0.4) is 0 Å². The molecule has 3 rings (SSSR count). The standard InChI is InChI=1S/C53H90N6O20/c60-13-23-70-33-29-66-19-9-57(10-20-67-30-34-71-24-14-61)51-54-52(58(11-21-68-31-35-72-25-15-62)45-47-5-1-3-7-49(47)78-43-41-76-39-37-74-27-17-64)56-53(55-51)59(12-22-69-32-36-73-26-16-63)46-48-6-2-4-8-50(48)79-44-42-77-40-38-75-28-18-65/h1-8,60-65H,9-46H2. The van der Waals surface area contributed by atoms with Crippen molar-refractivity contribution in [2.75, 3.05) is 252 Å². The highest BCUT2D eigenvalue weighted by Gasteiger charge is 2.23. The molecule has 0 amide bonds. The fourth-order valence-electron chi connectivity index (χ4n) is 6.98. The minimum absolute atomic E-state index is 0.0618. The quantitative estimate of drug-likeness (QED) is 0.0392. The molecule has 0 fully saturated rings. The van der Waals surface area contributed by atoms with Crippen molar-refractivity contribution >= 4 is 17.8 Å². The van der Waals surface area contributed by atoms with Crippen molar-refractivity contribution < 1.29 is 97.0 Å². The lowest BCUT2D eigenvalue weighted by molar-refractivity contribution is 0.0246. The van der Waals surface area contributed by atoms with Crippen LogP contribution in [0.5, 0.6) is 11.5 Å². The maximum atomic E-state index is 9.24. The van der Waals surface area contributed by atoms with Crippen molar-refractivity contribution in [1.29, 1.82) is 0 Å². The lowest BCUT2D eigenvalue weighted by Crippen LogP contribution is -2.36. The number of para-hydroxylation sites is 2. The third-order valence-corrected chi connectivity index (χ3v) is 10.8. The average molecular weight is 1130 g/mol. The Bertz CT molecular complexity index is 1730. The number of anilines is 3. The maximum Gasteiger partial charge on any atom is 0.232 e. The number of nitrogens with zero attached hydrogens (tertiary/aromatic N) is 6. The van der Waals surface area contributed by atoms with Crippen molar-refractivity contribution in [1.82, 2.24) is 15.0 Å². The normalized spacial score (nSPS) is 11.4. The van der Waals surface area contributed by atoms with E-state index in [9.17, 15) is 20.4 Å². The highest BCUT2D eigenvalue weighted by molar-refractivity contribution is 5.49. The summed E-state index contributed by atoms with van der Waals surface area (Å²) in [7, 11) is 0. The van der Waals surface area contributed by atoms with Gasteiger partial charge in [-0.25, -0.2) is 0 Å². The number of aliphatic hydroxyl groups excluding tert-OH is 6. The number of hydrogen-bond acceptors (Lipinski definition) is 26. The smallest absolute Gasteiger partial charge is 0.232 e. The lowest BCUT2D eigenvalue weighted by atomic mass is 10.2. The van der Waals surface area contributed by atoms with Crippen LogP contribution in [-0.4, -0.2) is 283 Å². The Hall–Kier alpha value is -4.27. The topological polar surface area (TPSA) is 299 Å². The molecule has 1 heterocycles. The van der Waals surface area contributed by atoms with Crippen LogP contribution in [0.25, 0.3) is 0 Å². The number of aliphatic hydroxyl groups is 6. The highest BCUT2D eigenvalue weighted by Crippen LogP contribution is 2.27. The number of aromatic nitrogens is 3. The molecule has 2 aromatic carbocycles. The maximum absolute atomic E-state index is 9.24. The zero-order chi connectivity index (χ0) is 56.3. The molecule has 3 aromatic rings. The molecular formula is C53H90N6O20. The molecule has 1 aromatic heterocycles. The molecule has 0 unspecified atom stereocenters. The molecule has 0 spiro atoms. The summed E-state index contributed by atoms with van der Waals surface area (Å²) in [5.41, 5.74) is 1.66. The van der Waals surface area contributed by atoms with Crippen molar-refractivity contribution in [2.45, 2.75) is 13.1 Å². The van der Waals surface area contributed by atoms with Crippen LogP contribution >= 0.6 is 0 Å². The molecule has 0 radical (unpaired) electrons. The third-order valence-electron chi connectivity index (χ3n) is 10.8. The van der Waals surface area contributed by atoms with Crippen LogP contribution in [0.15, 0.2) is 48.5 Å². The van der Waals surface area contributed by atoms with E-state index in [1.165, 1.54) is 0 Å². The zero-order valence-corrected chi connectivity index (χ0v) is 46.1. The summed E-state index contributed by atoms with van der Waals surface area (Å²) in [6, 6.07) is 15.3. The molecule has 79 heavy (non-hydrogen) atoms. The van der Waals surface area contributed by atoms with Gasteiger partial charge in [-0.3, -0.25) is 0 Å². The summed E-state index contributed by atoms with van der Waals surface area (Å²) < 4.78 is 80.6. The first-order valence-electron chi connectivity index (χ1n) is 27.1. The van der Waals surface area contributed by atoms with Crippen molar-refractivity contribution in [3.05, 3.63) is 59.7 Å². The summed E-state index contributed by atoms with van der Waals surface area (Å²) in [4.78, 5) is 21.5. The molecule has 6 N–H and O–H groups in total. The van der Waals surface area contributed by atoms with Crippen LogP contribution in [0.1, 0.15) is 11.1 Å². The van der Waals surface area contributed by atoms with Gasteiger partial charge >= 0.3 is 0 Å². The van der Waals surface area contributed by atoms with Crippen LogP contribution in [0, 0.1) is 0 Å². The van der Waals surface area contributed by atoms with Crippen molar-refractivity contribution in [2.24, 2.45) is 0 Å². The first-order chi connectivity index (χ1) is 39.1. The predicted octanol–water partition coefficient (Wildman–Crippen LogP) is -0.398. The van der Waals surface area contributed by atoms with Crippen LogP contribution in [-0.2, 0) is 69.9 Å². The van der Waals surface area contributed by atoms with Gasteiger partial charge in [0.1, 0.15) is 24.7 Å². The molecule has 0 atom stereocenters. The Morgan fingerprint density at radius 3 is 0.785 bits per heavy atom. The summed E-state index contributed by atoms with van der Waals surface area (Å²) in [5.74, 6) is 2.20. The van der Waals surface area contributed by atoms with E-state index in [2.05, 4.69) is 0 Å². The number of hydrogen-bond donors (Lipinski definition) is 6. The van der Waals surface area contributed by atoms with E-state index in [1.54, 1.807) is 0 Å². The van der Waals surface area contributed by atoms with E-state index in [0.717, 1.165) is 11.1 Å². The Morgan fingerprint density at radius 2 is 0.494 bits per heavy atom. The first-order valence-corrected chi connectivity index (χ1v) is 27.1. The summed E-state index contributed by atoms with van der Waals surface area (Å²) in [6.07, 6.45) is 0. The van der Waals surface area contributed by atoms with Crippen LogP contribution in [0.2, 0.25) is 0 Å². The molecule has 0 aliphatic rings. The minimum atomic E-state index is -0.100. The largest absolute Gasteiger partial charge is 0.491 e. The van der Waals surface area contributed by atoms with Gasteiger partial charge in [-0.05, 0) is 12.1 Å². The second-order valence-corrected chi connectivity index (χ2v) is 16.7. The molecule has 26 heteroatoms. The van der Waals surface area contributed by atoms with E-state index < -0.39 is 0 Å². The Morgan fingerprint density at radius 1 is 0.266 bits per heavy atom. The Kier molecular flexibility index (Phi) is 43.3. The molecule has 0 bridgehead atoms. The fourth-order valence-corrected chi connectivity index (χ4v) is 6.98. The summed E-state index contributed by atoms with van der Waals surface area (Å²) in [6.45, 7) is 8.43. The highest BCUT2D eigenvalue weighted by atomic mass is 16.6. The van der Waals surface area contributed by atoms with Gasteiger partial charge in [0.2, 0.25) is 17.8 Å². The minimum Gasteiger partial charge on any atom is -0.491 e. The third kappa shape index (κ3) is 33.9. The van der Waals surface area contributed by atoms with Crippen LogP contribution < -0.4 is 24.2 Å². The fraction of sp³-hybridized carbons (Fsp3) is 0.717. The van der Waals surface area contributed by atoms with E-state index in [0.29, 0.717) is 108 Å². The lowest BCUT2D eigenvalue weighted by Gasteiger charge is -2.30. The van der Waals surface area contributed by atoms with Crippen molar-refractivity contribution in [3.8, 4) is 11.5 Å². The monoisotopic (exact) mass is 1130 g/mol. The molecule has 452 valence electrons. The average Bonchev–Trinajstić information content (AvgIpc) is 3.50. The molecule has 0 saturated heterocycles. The van der Waals surface area contributed by atoms with E-state index in [4.69, 9.17) is 91.5 Å². The molecule has 26 nitrogen and oxygen atoms in total. The van der Waals surface area contributed by atoms with Gasteiger partial charge in [0.25, 0.3) is 0 Å². The molecule has 0 aliphatic heterocycles. The van der Waals surface area contributed by atoms with Gasteiger partial charge in [0, 0.05) is 50.4 Å². The van der Waals surface area contributed by atoms with Gasteiger partial charge in [-0.1, -0.05) is 36.4 Å². The van der Waals surface area contributed by atoms with Gasteiger partial charge in [-0.15, -0.1) is 0 Å². The SMILES string of the molecule is OCCOCCOCCOc1ccccc1CN(CCOCCOCCO)c1nc(N(CCOCCOCCO)CCOCCOCCO)nc(N(CCOCCOCCO)Cc2ccccc2OCCOCCOCCO)n1. The first kappa shape index (κ1) is 69.0. The van der Waals surface area contributed by atoms with Crippen molar-refractivity contribution in [3.63, 3.8) is 0 Å². The second-order valence-electron chi connectivity index (χ2n) is 16.7. The zero-order valence-electron chi connectivity index (χ0n) is 46.1. The van der Waals surface area contributed by atoms with E-state index in [1.807, 2.05) is 63.2 Å². The van der Waals surface area contributed by atoms with Gasteiger partial charge in [0.05, 0.1) is 198 Å². The van der Waals surface area contributed by atoms with Gasteiger partial charge in [-0.2, -0.15) is 15.0 Å². The number of rotatable bonds is 57. The summed E-state index contributed by atoms with van der Waals surface area (Å²) in [5, 5.41) is 54.9. The van der Waals surface area contributed by atoms with Crippen LogP contribution in [0.4, 0.5) is 17.8 Å². The molecule has 0 saturated carbocycles. The number of benzene rings is 2. The molecular weight excluding hydrogens is 1040 g/mol. The molecule has 0 aliphatic carbocycles. The van der Waals surface area contributed by atoms with E-state index in [-0.39, 0.29) is 172 Å². The Labute approximate surface area is 465 Å². The summed E-state index contributed by atoms with van der Waals surface area (Å²) >= 11 is 0. The second kappa shape index (κ2) is 49.5. The van der Waals surface area contributed by atoms with E-state index >= 15 is 0 Å². The Balaban J connectivity index is 2.14. The van der Waals surface area contributed by atoms with Gasteiger partial charge < -0.3 is 112 Å². The predicted molar refractivity (Wildman–Crippen MR) is 290 cm³/mol. The van der Waals surface area contributed by atoms with Gasteiger partial charge in [0.15, 0.2) is 0 Å². The number of ether oxygens (including phenoxy) is 14.